The molecule has 0 amide bonds. The highest BCUT2D eigenvalue weighted by Gasteiger charge is 2.25. The van der Waals surface area contributed by atoms with E-state index in [4.69, 9.17) is 0 Å². The highest BCUT2D eigenvalue weighted by atomic mass is 16.3. The van der Waals surface area contributed by atoms with E-state index < -0.39 is 0 Å². The Balaban J connectivity index is 2.31. The maximum atomic E-state index is 9.38. The molecule has 0 aromatic heterocycles. The maximum Gasteiger partial charge on any atom is 0.0461 e. The predicted octanol–water partition coefficient (Wildman–Crippen LogP) is 3.61. The minimum absolute atomic E-state index is 0.404. The van der Waals surface area contributed by atoms with Crippen molar-refractivity contribution < 1.29 is 5.11 Å². The van der Waals surface area contributed by atoms with Crippen LogP contribution in [-0.4, -0.2) is 11.7 Å². The van der Waals surface area contributed by atoms with Crippen LogP contribution in [0.2, 0.25) is 0 Å². The van der Waals surface area contributed by atoms with E-state index in [9.17, 15) is 5.11 Å². The van der Waals surface area contributed by atoms with E-state index in [1.165, 1.54) is 38.5 Å². The van der Waals surface area contributed by atoms with Gasteiger partial charge in [-0.25, -0.2) is 0 Å². The lowest BCUT2D eigenvalue weighted by Gasteiger charge is -2.25. The molecule has 1 unspecified atom stereocenters. The van der Waals surface area contributed by atoms with E-state index >= 15 is 0 Å². The van der Waals surface area contributed by atoms with E-state index in [-0.39, 0.29) is 0 Å². The zero-order chi connectivity index (χ0) is 10.6. The van der Waals surface area contributed by atoms with E-state index in [0.29, 0.717) is 17.9 Å². The van der Waals surface area contributed by atoms with Gasteiger partial charge in [-0.05, 0) is 30.1 Å². The minimum atomic E-state index is 0.404. The Kier molecular flexibility index (Phi) is 4.43. The van der Waals surface area contributed by atoms with Crippen molar-refractivity contribution in [3.05, 3.63) is 0 Å². The van der Waals surface area contributed by atoms with E-state index in [1.807, 2.05) is 0 Å². The Morgan fingerprint density at radius 3 is 2.21 bits per heavy atom. The third-order valence-corrected chi connectivity index (χ3v) is 3.57. The quantitative estimate of drug-likeness (QED) is 0.731. The number of rotatable bonds is 4. The summed E-state index contributed by atoms with van der Waals surface area (Å²) in [5.74, 6) is 1.40. The summed E-state index contributed by atoms with van der Waals surface area (Å²) in [6, 6.07) is 0. The average molecular weight is 198 g/mol. The van der Waals surface area contributed by atoms with Gasteiger partial charge in [0.1, 0.15) is 0 Å². The molecule has 1 N–H and O–H groups in total. The smallest absolute Gasteiger partial charge is 0.0461 e. The second kappa shape index (κ2) is 5.16. The average Bonchev–Trinajstić information content (AvgIpc) is 2.56. The second-order valence-electron chi connectivity index (χ2n) is 6.09. The molecule has 1 heteroatoms. The molecule has 0 aromatic rings. The lowest BCUT2D eigenvalue weighted by atomic mass is 9.81. The first kappa shape index (κ1) is 12.0. The van der Waals surface area contributed by atoms with E-state index in [0.717, 1.165) is 5.92 Å². The number of aliphatic hydroxyl groups is 1. The molecule has 84 valence electrons. The van der Waals surface area contributed by atoms with Crippen molar-refractivity contribution >= 4 is 0 Å². The van der Waals surface area contributed by atoms with Crippen LogP contribution in [-0.2, 0) is 0 Å². The van der Waals surface area contributed by atoms with Crippen LogP contribution in [0.5, 0.6) is 0 Å². The van der Waals surface area contributed by atoms with Gasteiger partial charge in [-0.2, -0.15) is 0 Å². The van der Waals surface area contributed by atoms with Crippen molar-refractivity contribution in [3.8, 4) is 0 Å². The zero-order valence-electron chi connectivity index (χ0n) is 10.1. The lowest BCUT2D eigenvalue weighted by Crippen LogP contribution is -2.18. The molecule has 0 heterocycles. The molecule has 1 fully saturated rings. The van der Waals surface area contributed by atoms with E-state index in [2.05, 4.69) is 20.8 Å². The summed E-state index contributed by atoms with van der Waals surface area (Å²) >= 11 is 0. The lowest BCUT2D eigenvalue weighted by molar-refractivity contribution is 0.152. The monoisotopic (exact) mass is 198 g/mol. The molecular weight excluding hydrogens is 172 g/mol. The predicted molar refractivity (Wildman–Crippen MR) is 61.2 cm³/mol. The number of aliphatic hydroxyl groups excluding tert-OH is 1. The maximum absolute atomic E-state index is 9.38. The van der Waals surface area contributed by atoms with Crippen molar-refractivity contribution in [1.82, 2.24) is 0 Å². The molecule has 0 aromatic carbocycles. The minimum Gasteiger partial charge on any atom is -0.396 e. The Morgan fingerprint density at radius 2 is 1.79 bits per heavy atom. The van der Waals surface area contributed by atoms with Gasteiger partial charge in [0.15, 0.2) is 0 Å². The van der Waals surface area contributed by atoms with Crippen molar-refractivity contribution in [1.29, 1.82) is 0 Å². The van der Waals surface area contributed by atoms with Crippen LogP contribution < -0.4 is 0 Å². The van der Waals surface area contributed by atoms with Crippen molar-refractivity contribution in [2.45, 2.75) is 59.3 Å². The third kappa shape index (κ3) is 4.00. The molecule has 0 spiro atoms. The summed E-state index contributed by atoms with van der Waals surface area (Å²) in [5, 5.41) is 9.38. The number of hydrogen-bond donors (Lipinski definition) is 1. The molecule has 0 aliphatic heterocycles. The zero-order valence-corrected chi connectivity index (χ0v) is 10.1. The molecule has 1 aliphatic carbocycles. The summed E-state index contributed by atoms with van der Waals surface area (Å²) in [5.41, 5.74) is 0.423. The van der Waals surface area contributed by atoms with Gasteiger partial charge in [0.2, 0.25) is 0 Å². The molecule has 0 radical (unpaired) electrons. The number of hydrogen-bond acceptors (Lipinski definition) is 1. The van der Waals surface area contributed by atoms with Crippen molar-refractivity contribution in [3.63, 3.8) is 0 Å². The molecule has 1 nitrogen and oxygen atoms in total. The normalized spacial score (nSPS) is 21.4. The molecule has 1 saturated carbocycles. The third-order valence-electron chi connectivity index (χ3n) is 3.57. The van der Waals surface area contributed by atoms with Gasteiger partial charge in [0.25, 0.3) is 0 Å². The summed E-state index contributed by atoms with van der Waals surface area (Å²) in [6.45, 7) is 7.27. The first-order chi connectivity index (χ1) is 6.53. The first-order valence-electron chi connectivity index (χ1n) is 6.14. The van der Waals surface area contributed by atoms with Crippen LogP contribution >= 0.6 is 0 Å². The van der Waals surface area contributed by atoms with Gasteiger partial charge >= 0.3 is 0 Å². The molecular formula is C13H26O. The standard InChI is InChI=1S/C13H26O/c1-13(2,3)9-8-12(10-14)11-6-4-5-7-11/h11-12,14H,4-10H2,1-3H3. The van der Waals surface area contributed by atoms with Gasteiger partial charge < -0.3 is 5.11 Å². The fraction of sp³-hybridized carbons (Fsp3) is 1.00. The fourth-order valence-corrected chi connectivity index (χ4v) is 2.52. The van der Waals surface area contributed by atoms with Crippen LogP contribution in [0, 0.1) is 17.3 Å². The van der Waals surface area contributed by atoms with Crippen molar-refractivity contribution in [2.24, 2.45) is 17.3 Å². The fourth-order valence-electron chi connectivity index (χ4n) is 2.52. The van der Waals surface area contributed by atoms with Crippen LogP contribution in [0.3, 0.4) is 0 Å². The SMILES string of the molecule is CC(C)(C)CCC(CO)C1CCCC1. The first-order valence-corrected chi connectivity index (χ1v) is 6.14. The molecule has 1 atom stereocenters. The Bertz CT molecular complexity index is 151. The van der Waals surface area contributed by atoms with Gasteiger partial charge in [-0.3, -0.25) is 0 Å². The van der Waals surface area contributed by atoms with E-state index in [1.54, 1.807) is 0 Å². The van der Waals surface area contributed by atoms with Gasteiger partial charge in [0, 0.05) is 6.61 Å². The second-order valence-corrected chi connectivity index (χ2v) is 6.09. The molecule has 14 heavy (non-hydrogen) atoms. The summed E-state index contributed by atoms with van der Waals surface area (Å²) in [6.07, 6.45) is 7.94. The van der Waals surface area contributed by atoms with Gasteiger partial charge in [0.05, 0.1) is 0 Å². The Hall–Kier alpha value is -0.0400. The molecule has 1 rings (SSSR count). The van der Waals surface area contributed by atoms with Crippen LogP contribution in [0.25, 0.3) is 0 Å². The summed E-state index contributed by atoms with van der Waals surface area (Å²) < 4.78 is 0. The largest absolute Gasteiger partial charge is 0.396 e. The topological polar surface area (TPSA) is 20.2 Å². The molecule has 1 aliphatic rings. The Labute approximate surface area is 88.9 Å². The Morgan fingerprint density at radius 1 is 1.21 bits per heavy atom. The summed E-state index contributed by atoms with van der Waals surface area (Å²) in [4.78, 5) is 0. The van der Waals surface area contributed by atoms with Gasteiger partial charge in [-0.15, -0.1) is 0 Å². The highest BCUT2D eigenvalue weighted by Crippen LogP contribution is 2.35. The molecule has 0 saturated heterocycles. The summed E-state index contributed by atoms with van der Waals surface area (Å²) in [7, 11) is 0. The van der Waals surface area contributed by atoms with Crippen LogP contribution in [0.4, 0.5) is 0 Å². The van der Waals surface area contributed by atoms with Crippen molar-refractivity contribution in [2.75, 3.05) is 6.61 Å². The van der Waals surface area contributed by atoms with Crippen LogP contribution in [0.1, 0.15) is 59.3 Å². The van der Waals surface area contributed by atoms with Crippen LogP contribution in [0.15, 0.2) is 0 Å². The van der Waals surface area contributed by atoms with Gasteiger partial charge in [-0.1, -0.05) is 46.5 Å². The highest BCUT2D eigenvalue weighted by molar-refractivity contribution is 4.76. The molecule has 0 bridgehead atoms.